The number of ether oxygens (including phenoxy) is 1. The first kappa shape index (κ1) is 13.4. The molecule has 1 saturated heterocycles. The van der Waals surface area contributed by atoms with Gasteiger partial charge in [-0.1, -0.05) is 30.3 Å². The van der Waals surface area contributed by atoms with Gasteiger partial charge in [-0.25, -0.2) is 0 Å². The summed E-state index contributed by atoms with van der Waals surface area (Å²) in [5.41, 5.74) is 0.575. The summed E-state index contributed by atoms with van der Waals surface area (Å²) in [6.45, 7) is 0.174. The Labute approximate surface area is 111 Å². The molecule has 1 aromatic carbocycles. The highest BCUT2D eigenvalue weighted by Crippen LogP contribution is 2.16. The molecule has 1 aromatic rings. The van der Waals surface area contributed by atoms with Crippen LogP contribution in [0.15, 0.2) is 30.3 Å². The second kappa shape index (κ2) is 5.75. The molecule has 19 heavy (non-hydrogen) atoms. The van der Waals surface area contributed by atoms with E-state index >= 15 is 0 Å². The third-order valence-corrected chi connectivity index (χ3v) is 3.16. The van der Waals surface area contributed by atoms with Crippen molar-refractivity contribution < 1.29 is 19.1 Å². The Bertz CT molecular complexity index is 497. The molecule has 5 heteroatoms. The zero-order chi connectivity index (χ0) is 13.8. The maximum atomic E-state index is 12.1. The van der Waals surface area contributed by atoms with Crippen LogP contribution in [-0.4, -0.2) is 48.7 Å². The molecular weight excluding hydrogens is 246 g/mol. The number of nitrogens with zero attached hydrogens (tertiary/aromatic N) is 1. The average Bonchev–Trinajstić information content (AvgIpc) is 2.79. The fraction of sp³-hybridized carbons (Fsp3) is 0.357. The van der Waals surface area contributed by atoms with Crippen molar-refractivity contribution in [3.8, 4) is 0 Å². The van der Waals surface area contributed by atoms with Crippen LogP contribution in [0, 0.1) is 0 Å². The van der Waals surface area contributed by atoms with Crippen LogP contribution in [0.2, 0.25) is 0 Å². The Morgan fingerprint density at radius 3 is 2.63 bits per heavy atom. The molecule has 0 bridgehead atoms. The second-order valence-corrected chi connectivity index (χ2v) is 4.48. The zero-order valence-electron chi connectivity index (χ0n) is 10.7. The van der Waals surface area contributed by atoms with E-state index in [4.69, 9.17) is 0 Å². The first-order chi connectivity index (χ1) is 9.11. The van der Waals surface area contributed by atoms with Crippen molar-refractivity contribution in [1.29, 1.82) is 0 Å². The smallest absolute Gasteiger partial charge is 0.323 e. The Balaban J connectivity index is 2.07. The van der Waals surface area contributed by atoms with Crippen LogP contribution in [0.5, 0.6) is 0 Å². The summed E-state index contributed by atoms with van der Waals surface area (Å²) in [6, 6.07) is 8.18. The van der Waals surface area contributed by atoms with E-state index in [1.54, 1.807) is 29.2 Å². The van der Waals surface area contributed by atoms with Crippen molar-refractivity contribution in [3.05, 3.63) is 35.9 Å². The van der Waals surface area contributed by atoms with E-state index in [2.05, 4.69) is 4.74 Å². The number of hydrogen-bond donors (Lipinski definition) is 0. The van der Waals surface area contributed by atoms with E-state index < -0.39 is 12.0 Å². The predicted molar refractivity (Wildman–Crippen MR) is 67.8 cm³/mol. The molecule has 1 unspecified atom stereocenters. The van der Waals surface area contributed by atoms with Gasteiger partial charge in [-0.05, 0) is 0 Å². The van der Waals surface area contributed by atoms with Crippen molar-refractivity contribution in [1.82, 2.24) is 4.90 Å². The van der Waals surface area contributed by atoms with Crippen LogP contribution in [0.3, 0.4) is 0 Å². The maximum absolute atomic E-state index is 12.1. The van der Waals surface area contributed by atoms with Crippen LogP contribution in [0.25, 0.3) is 0 Å². The highest BCUT2D eigenvalue weighted by atomic mass is 16.5. The number of likely N-dealkylation sites (tertiary alicyclic amines) is 1. The van der Waals surface area contributed by atoms with Crippen LogP contribution in [-0.2, 0) is 14.3 Å². The number of Topliss-reactive ketones (excluding diaryl/α,β-unsaturated/α-hetero) is 2. The Morgan fingerprint density at radius 1 is 1.32 bits per heavy atom. The number of hydrogen-bond acceptors (Lipinski definition) is 5. The SMILES string of the molecule is COC(=O)C1CC(=O)CN1CC(=O)c1ccccc1. The van der Waals surface area contributed by atoms with E-state index in [9.17, 15) is 14.4 Å². The summed E-state index contributed by atoms with van der Waals surface area (Å²) >= 11 is 0. The van der Waals surface area contributed by atoms with Gasteiger partial charge in [-0.2, -0.15) is 0 Å². The molecule has 0 aliphatic carbocycles. The van der Waals surface area contributed by atoms with Gasteiger partial charge >= 0.3 is 5.97 Å². The Morgan fingerprint density at radius 2 is 2.00 bits per heavy atom. The van der Waals surface area contributed by atoms with Crippen molar-refractivity contribution in [2.75, 3.05) is 20.2 Å². The molecule has 0 aromatic heterocycles. The van der Waals surface area contributed by atoms with Crippen LogP contribution in [0.4, 0.5) is 0 Å². The quantitative estimate of drug-likeness (QED) is 0.589. The van der Waals surface area contributed by atoms with Gasteiger partial charge in [0, 0.05) is 12.0 Å². The second-order valence-electron chi connectivity index (χ2n) is 4.48. The fourth-order valence-corrected chi connectivity index (χ4v) is 2.18. The van der Waals surface area contributed by atoms with Crippen molar-refractivity contribution in [2.45, 2.75) is 12.5 Å². The molecule has 0 amide bonds. The molecule has 1 aliphatic heterocycles. The molecule has 1 fully saturated rings. The van der Waals surface area contributed by atoms with E-state index in [1.807, 2.05) is 6.07 Å². The fourth-order valence-electron chi connectivity index (χ4n) is 2.18. The number of rotatable bonds is 4. The molecule has 1 aliphatic rings. The Kier molecular flexibility index (Phi) is 4.06. The molecule has 2 rings (SSSR count). The Hall–Kier alpha value is -2.01. The van der Waals surface area contributed by atoms with Crippen LogP contribution < -0.4 is 0 Å². The number of carbonyl (C=O) groups excluding carboxylic acids is 3. The van der Waals surface area contributed by atoms with Gasteiger partial charge in [-0.15, -0.1) is 0 Å². The maximum Gasteiger partial charge on any atom is 0.323 e. The van der Waals surface area contributed by atoms with Gasteiger partial charge in [0.1, 0.15) is 11.8 Å². The summed E-state index contributed by atoms with van der Waals surface area (Å²) in [6.07, 6.45) is 0.120. The van der Waals surface area contributed by atoms with Gasteiger partial charge in [0.15, 0.2) is 5.78 Å². The van der Waals surface area contributed by atoms with Crippen molar-refractivity contribution in [3.63, 3.8) is 0 Å². The van der Waals surface area contributed by atoms with E-state index in [-0.39, 0.29) is 31.1 Å². The number of ketones is 2. The molecule has 0 radical (unpaired) electrons. The van der Waals surface area contributed by atoms with E-state index in [0.717, 1.165) is 0 Å². The van der Waals surface area contributed by atoms with E-state index in [0.29, 0.717) is 5.56 Å². The normalized spacial score (nSPS) is 19.4. The van der Waals surface area contributed by atoms with Crippen molar-refractivity contribution in [2.24, 2.45) is 0 Å². The molecule has 0 N–H and O–H groups in total. The van der Waals surface area contributed by atoms with Gasteiger partial charge in [-0.3, -0.25) is 19.3 Å². The topological polar surface area (TPSA) is 63.7 Å². The van der Waals surface area contributed by atoms with Crippen LogP contribution in [0.1, 0.15) is 16.8 Å². The summed E-state index contributed by atoms with van der Waals surface area (Å²) in [7, 11) is 1.28. The average molecular weight is 261 g/mol. The summed E-state index contributed by atoms with van der Waals surface area (Å²) in [5.74, 6) is -0.618. The number of methoxy groups -OCH3 is 1. The predicted octanol–water partition coefficient (Wildman–Crippen LogP) is 0.686. The first-order valence-electron chi connectivity index (χ1n) is 6.03. The van der Waals surface area contributed by atoms with Gasteiger partial charge in [0.25, 0.3) is 0 Å². The third kappa shape index (κ3) is 3.06. The van der Waals surface area contributed by atoms with Gasteiger partial charge < -0.3 is 4.74 Å². The zero-order valence-corrected chi connectivity index (χ0v) is 10.7. The molecule has 0 saturated carbocycles. The minimum absolute atomic E-state index is 0.0451. The third-order valence-electron chi connectivity index (χ3n) is 3.16. The molecule has 5 nitrogen and oxygen atoms in total. The minimum atomic E-state index is -0.634. The minimum Gasteiger partial charge on any atom is -0.468 e. The summed E-state index contributed by atoms with van der Waals surface area (Å²) < 4.78 is 4.66. The van der Waals surface area contributed by atoms with Gasteiger partial charge in [0.05, 0.1) is 20.2 Å². The molecule has 1 heterocycles. The van der Waals surface area contributed by atoms with Crippen molar-refractivity contribution >= 4 is 17.5 Å². The highest BCUT2D eigenvalue weighted by molar-refractivity contribution is 5.99. The molecular formula is C14H15NO4. The number of carbonyl (C=O) groups is 3. The highest BCUT2D eigenvalue weighted by Gasteiger charge is 2.37. The monoisotopic (exact) mass is 261 g/mol. The molecule has 100 valence electrons. The lowest BCUT2D eigenvalue weighted by atomic mass is 10.1. The van der Waals surface area contributed by atoms with Gasteiger partial charge in [0.2, 0.25) is 0 Å². The molecule has 1 atom stereocenters. The largest absolute Gasteiger partial charge is 0.468 e. The number of benzene rings is 1. The summed E-state index contributed by atoms with van der Waals surface area (Å²) in [5, 5.41) is 0. The lowest BCUT2D eigenvalue weighted by Gasteiger charge is -2.20. The lowest BCUT2D eigenvalue weighted by Crippen LogP contribution is -2.40. The van der Waals surface area contributed by atoms with E-state index in [1.165, 1.54) is 7.11 Å². The lowest BCUT2D eigenvalue weighted by molar-refractivity contribution is -0.145. The summed E-state index contributed by atoms with van der Waals surface area (Å²) in [4.78, 5) is 36.6. The first-order valence-corrected chi connectivity index (χ1v) is 6.03. The molecule has 0 spiro atoms. The standard InChI is InChI=1S/C14H15NO4/c1-19-14(18)12-7-11(16)8-15(12)9-13(17)10-5-3-2-4-6-10/h2-6,12H,7-9H2,1H3. The number of esters is 1. The van der Waals surface area contributed by atoms with Crippen LogP contribution >= 0.6 is 0 Å².